The van der Waals surface area contributed by atoms with Crippen LogP contribution in [-0.4, -0.2) is 36.1 Å². The predicted molar refractivity (Wildman–Crippen MR) is 106 cm³/mol. The van der Waals surface area contributed by atoms with Gasteiger partial charge in [0.2, 0.25) is 0 Å². The number of hydrogen-bond acceptors (Lipinski definition) is 2. The maximum atomic E-state index is 2.40. The molecule has 0 unspecified atom stereocenters. The van der Waals surface area contributed by atoms with Gasteiger partial charge in [0.05, 0.1) is 0 Å². The van der Waals surface area contributed by atoms with Gasteiger partial charge in [-0.1, -0.05) is 0 Å². The second-order valence-electron chi connectivity index (χ2n) is 6.23. The van der Waals surface area contributed by atoms with E-state index in [4.69, 9.17) is 0 Å². The van der Waals surface area contributed by atoms with E-state index in [1.54, 1.807) is 0 Å². The first-order valence-electron chi connectivity index (χ1n) is 8.06. The Morgan fingerprint density at radius 1 is 0.792 bits per heavy atom. The van der Waals surface area contributed by atoms with E-state index >= 15 is 0 Å². The topological polar surface area (TPSA) is 6.48 Å². The Hall–Kier alpha value is -2.22. The molecule has 3 aromatic rings. The van der Waals surface area contributed by atoms with E-state index in [-0.39, 0.29) is 0 Å². The molecule has 0 radical (unpaired) electrons. The summed E-state index contributed by atoms with van der Waals surface area (Å²) in [7, 11) is 6.42. The molecular weight excluding hydrogens is 359 g/mol. The quantitative estimate of drug-likeness (QED) is 0.632. The van der Waals surface area contributed by atoms with Crippen LogP contribution >= 0.6 is 0 Å². The fourth-order valence-corrected chi connectivity index (χ4v) is 5.64. The molecule has 4 rings (SSSR count). The maximum absolute atomic E-state index is 2.40. The molecule has 1 aliphatic heterocycles. The van der Waals surface area contributed by atoms with Gasteiger partial charge in [-0.25, -0.2) is 0 Å². The van der Waals surface area contributed by atoms with Gasteiger partial charge in [0.1, 0.15) is 0 Å². The molecule has 1 heterocycles. The van der Waals surface area contributed by atoms with Crippen molar-refractivity contribution >= 4 is 40.9 Å². The average Bonchev–Trinajstić information content (AvgIpc) is 2.61. The number of hydrogen-bond donors (Lipinski definition) is 0. The molecule has 0 aromatic heterocycles. The van der Waals surface area contributed by atoms with Crippen LogP contribution in [0.4, 0.5) is 17.1 Å². The van der Waals surface area contributed by atoms with E-state index in [9.17, 15) is 0 Å². The Balaban J connectivity index is 1.91. The molecule has 2 nitrogen and oxygen atoms in total. The van der Waals surface area contributed by atoms with Crippen LogP contribution in [0.1, 0.15) is 0 Å². The van der Waals surface area contributed by atoms with Crippen molar-refractivity contribution in [2.24, 2.45) is 0 Å². The summed E-state index contributed by atoms with van der Waals surface area (Å²) in [5.41, 5.74) is 6.52. The number of rotatable bonds is 2. The zero-order valence-corrected chi connectivity index (χ0v) is 15.9. The van der Waals surface area contributed by atoms with Gasteiger partial charge in [-0.2, -0.15) is 0 Å². The summed E-state index contributed by atoms with van der Waals surface area (Å²) in [6, 6.07) is 24.2. The van der Waals surface area contributed by atoms with Crippen molar-refractivity contribution in [3.8, 4) is 11.1 Å². The van der Waals surface area contributed by atoms with Crippen LogP contribution in [0, 0.1) is 0 Å². The van der Waals surface area contributed by atoms with E-state index in [0.717, 1.165) is 0 Å². The van der Waals surface area contributed by atoms with Gasteiger partial charge in [-0.05, 0) is 0 Å². The minimum absolute atomic E-state index is 0.340. The molecule has 120 valence electrons. The summed E-state index contributed by atoms with van der Waals surface area (Å²) in [6.45, 7) is 0. The van der Waals surface area contributed by atoms with Crippen molar-refractivity contribution in [2.75, 3.05) is 30.9 Å². The number of anilines is 3. The second kappa shape index (κ2) is 6.01. The van der Waals surface area contributed by atoms with Crippen LogP contribution in [0.5, 0.6) is 0 Å². The summed E-state index contributed by atoms with van der Waals surface area (Å²) in [5, 5.41) is 0. The summed E-state index contributed by atoms with van der Waals surface area (Å²) < 4.78 is 2.91. The molecule has 0 N–H and O–H groups in total. The van der Waals surface area contributed by atoms with Gasteiger partial charge in [0, 0.05) is 0 Å². The molecule has 0 fully saturated rings. The summed E-state index contributed by atoms with van der Waals surface area (Å²) >= 11 is 0.340. The van der Waals surface area contributed by atoms with Crippen molar-refractivity contribution < 1.29 is 0 Å². The normalized spacial score (nSPS) is 12.5. The Morgan fingerprint density at radius 2 is 1.50 bits per heavy atom. The minimum atomic E-state index is 0.340. The average molecular weight is 379 g/mol. The van der Waals surface area contributed by atoms with E-state index in [1.165, 1.54) is 37.1 Å². The first kappa shape index (κ1) is 15.3. The molecular formula is C21H20N2Se. The third-order valence-electron chi connectivity index (χ3n) is 4.45. The second-order valence-corrected chi connectivity index (χ2v) is 8.50. The van der Waals surface area contributed by atoms with Gasteiger partial charge in [0.25, 0.3) is 0 Å². The summed E-state index contributed by atoms with van der Waals surface area (Å²) in [6.07, 6.45) is 0. The van der Waals surface area contributed by atoms with Crippen LogP contribution in [0.3, 0.4) is 0 Å². The first-order valence-corrected chi connectivity index (χ1v) is 9.78. The Bertz CT molecular complexity index is 888. The van der Waals surface area contributed by atoms with Crippen molar-refractivity contribution in [3.63, 3.8) is 0 Å². The molecule has 0 amide bonds. The third-order valence-corrected chi connectivity index (χ3v) is 6.78. The molecule has 0 spiro atoms. The van der Waals surface area contributed by atoms with Crippen LogP contribution in [0.15, 0.2) is 66.7 Å². The fourth-order valence-electron chi connectivity index (χ4n) is 3.19. The molecule has 24 heavy (non-hydrogen) atoms. The zero-order chi connectivity index (χ0) is 16.7. The summed E-state index contributed by atoms with van der Waals surface area (Å²) in [5.74, 6) is 0. The van der Waals surface area contributed by atoms with Crippen LogP contribution in [0.2, 0.25) is 0 Å². The molecule has 0 atom stereocenters. The van der Waals surface area contributed by atoms with E-state index in [1.807, 2.05) is 0 Å². The molecule has 0 saturated carbocycles. The monoisotopic (exact) mass is 380 g/mol. The number of fused-ring (bicyclic) bond motifs is 2. The van der Waals surface area contributed by atoms with Crippen molar-refractivity contribution in [2.45, 2.75) is 0 Å². The standard InChI is InChI=1S/C21H20N2Se/c1-22(2)18-14-19-21(13-16(18)15-9-5-4-6-10-15)24-20-12-8-7-11-17(20)23(19)3/h4-14H,1-3H3. The SMILES string of the molecule is CN(C)c1cc2c(cc1-c1ccccc1)[Se]c1ccccc1N2C. The molecule has 0 saturated heterocycles. The van der Waals surface area contributed by atoms with Gasteiger partial charge in [-0.3, -0.25) is 0 Å². The molecule has 3 heteroatoms. The Morgan fingerprint density at radius 3 is 2.25 bits per heavy atom. The number of nitrogens with zero attached hydrogens (tertiary/aromatic N) is 2. The van der Waals surface area contributed by atoms with Crippen LogP contribution < -0.4 is 18.7 Å². The molecule has 0 bridgehead atoms. The van der Waals surface area contributed by atoms with Crippen molar-refractivity contribution in [1.82, 2.24) is 0 Å². The Labute approximate surface area is 149 Å². The molecule has 1 aliphatic rings. The zero-order valence-electron chi connectivity index (χ0n) is 14.2. The van der Waals surface area contributed by atoms with Crippen LogP contribution in [-0.2, 0) is 0 Å². The molecule has 0 aliphatic carbocycles. The van der Waals surface area contributed by atoms with Gasteiger partial charge in [0.15, 0.2) is 0 Å². The van der Waals surface area contributed by atoms with Gasteiger partial charge < -0.3 is 0 Å². The third kappa shape index (κ3) is 2.50. The van der Waals surface area contributed by atoms with Gasteiger partial charge in [-0.15, -0.1) is 0 Å². The fraction of sp³-hybridized carbons (Fsp3) is 0.143. The van der Waals surface area contributed by atoms with E-state index in [2.05, 4.69) is 97.7 Å². The predicted octanol–water partition coefficient (Wildman–Crippen LogP) is 3.16. The van der Waals surface area contributed by atoms with Crippen LogP contribution in [0.25, 0.3) is 11.1 Å². The van der Waals surface area contributed by atoms with Gasteiger partial charge >= 0.3 is 150 Å². The van der Waals surface area contributed by atoms with Crippen molar-refractivity contribution in [3.05, 3.63) is 66.7 Å². The summed E-state index contributed by atoms with van der Waals surface area (Å²) in [4.78, 5) is 4.54. The van der Waals surface area contributed by atoms with Crippen molar-refractivity contribution in [1.29, 1.82) is 0 Å². The number of benzene rings is 3. The Kier molecular flexibility index (Phi) is 3.84. The van der Waals surface area contributed by atoms with E-state index < -0.39 is 0 Å². The number of para-hydroxylation sites is 1. The first-order chi connectivity index (χ1) is 11.6. The molecule has 3 aromatic carbocycles. The van der Waals surface area contributed by atoms with E-state index in [0.29, 0.717) is 15.0 Å².